The molecule has 1 unspecified atom stereocenters. The zero-order valence-corrected chi connectivity index (χ0v) is 12.4. The largest absolute Gasteiger partial charge is 0.360 e. The minimum atomic E-state index is 0.331. The van der Waals surface area contributed by atoms with E-state index in [4.69, 9.17) is 12.2 Å². The van der Waals surface area contributed by atoms with Gasteiger partial charge in [0.15, 0.2) is 5.11 Å². The first kappa shape index (κ1) is 14.5. The maximum absolute atomic E-state index is 5.30. The van der Waals surface area contributed by atoms with Gasteiger partial charge >= 0.3 is 0 Å². The summed E-state index contributed by atoms with van der Waals surface area (Å²) in [6.07, 6.45) is 5.57. The summed E-state index contributed by atoms with van der Waals surface area (Å²) >= 11 is 5.30. The van der Waals surface area contributed by atoms with Crippen LogP contribution in [0.2, 0.25) is 0 Å². The molecule has 0 spiro atoms. The molecule has 1 aromatic carbocycles. The lowest BCUT2D eigenvalue weighted by Gasteiger charge is -2.17. The van der Waals surface area contributed by atoms with Crippen LogP contribution in [0.15, 0.2) is 54.9 Å². The number of nitrogens with zero attached hydrogens (tertiary/aromatic N) is 1. The highest BCUT2D eigenvalue weighted by Gasteiger charge is 2.04. The Kier molecular flexibility index (Phi) is 5.50. The van der Waals surface area contributed by atoms with Crippen molar-refractivity contribution in [2.75, 3.05) is 5.32 Å². The molecule has 0 amide bonds. The first-order valence-electron chi connectivity index (χ1n) is 6.75. The van der Waals surface area contributed by atoms with E-state index < -0.39 is 0 Å². The average molecular weight is 285 g/mol. The summed E-state index contributed by atoms with van der Waals surface area (Å²) in [5.41, 5.74) is 2.31. The standard InChI is InChI=1S/C16H19N3S/c1-13(7-8-14-5-3-2-4-6-14)18-16(20)19-15-9-11-17-12-10-15/h2-6,9-13H,7-8H2,1H3,(H2,17,18,19,20). The molecule has 4 heteroatoms. The van der Waals surface area contributed by atoms with Crippen molar-refractivity contribution in [3.8, 4) is 0 Å². The fourth-order valence-corrected chi connectivity index (χ4v) is 2.25. The van der Waals surface area contributed by atoms with E-state index in [-0.39, 0.29) is 0 Å². The lowest BCUT2D eigenvalue weighted by Crippen LogP contribution is -2.36. The number of anilines is 1. The van der Waals surface area contributed by atoms with Crippen molar-refractivity contribution >= 4 is 23.0 Å². The van der Waals surface area contributed by atoms with E-state index in [1.165, 1.54) is 5.56 Å². The van der Waals surface area contributed by atoms with E-state index >= 15 is 0 Å². The highest BCUT2D eigenvalue weighted by atomic mass is 32.1. The number of rotatable bonds is 5. The lowest BCUT2D eigenvalue weighted by atomic mass is 10.1. The Morgan fingerprint density at radius 1 is 1.15 bits per heavy atom. The van der Waals surface area contributed by atoms with Gasteiger partial charge in [-0.25, -0.2) is 0 Å². The third-order valence-corrected chi connectivity index (χ3v) is 3.24. The monoisotopic (exact) mass is 285 g/mol. The molecule has 1 heterocycles. The molecular weight excluding hydrogens is 266 g/mol. The SMILES string of the molecule is CC(CCc1ccccc1)NC(=S)Nc1ccncc1. The summed E-state index contributed by atoms with van der Waals surface area (Å²) in [5.74, 6) is 0. The number of aromatic nitrogens is 1. The van der Waals surface area contributed by atoms with Gasteiger partial charge in [0, 0.05) is 24.1 Å². The highest BCUT2D eigenvalue weighted by molar-refractivity contribution is 7.80. The Bertz CT molecular complexity index is 528. The first-order valence-corrected chi connectivity index (χ1v) is 7.16. The van der Waals surface area contributed by atoms with Gasteiger partial charge in [0.1, 0.15) is 0 Å². The molecular formula is C16H19N3S. The second-order valence-corrected chi connectivity index (χ2v) is 5.17. The second-order valence-electron chi connectivity index (χ2n) is 4.76. The van der Waals surface area contributed by atoms with Crippen LogP contribution in [0.1, 0.15) is 18.9 Å². The fourth-order valence-electron chi connectivity index (χ4n) is 1.93. The van der Waals surface area contributed by atoms with Gasteiger partial charge in [0.25, 0.3) is 0 Å². The summed E-state index contributed by atoms with van der Waals surface area (Å²) in [6, 6.07) is 14.6. The smallest absolute Gasteiger partial charge is 0.170 e. The number of hydrogen-bond donors (Lipinski definition) is 2. The quantitative estimate of drug-likeness (QED) is 0.826. The molecule has 2 N–H and O–H groups in total. The zero-order valence-electron chi connectivity index (χ0n) is 11.5. The molecule has 0 aliphatic carbocycles. The van der Waals surface area contributed by atoms with Crippen LogP contribution in [0, 0.1) is 0 Å². The van der Waals surface area contributed by atoms with E-state index in [2.05, 4.69) is 46.8 Å². The normalized spacial score (nSPS) is 11.7. The second kappa shape index (κ2) is 7.60. The molecule has 2 aromatic rings. The molecule has 20 heavy (non-hydrogen) atoms. The Labute approximate surface area is 125 Å². The molecule has 3 nitrogen and oxygen atoms in total. The van der Waals surface area contributed by atoms with E-state index in [1.807, 2.05) is 18.2 Å². The van der Waals surface area contributed by atoms with Crippen molar-refractivity contribution < 1.29 is 0 Å². The molecule has 1 aromatic heterocycles. The van der Waals surface area contributed by atoms with Crippen molar-refractivity contribution in [2.24, 2.45) is 0 Å². The molecule has 0 saturated carbocycles. The molecule has 0 radical (unpaired) electrons. The van der Waals surface area contributed by atoms with Crippen LogP contribution >= 0.6 is 12.2 Å². The summed E-state index contributed by atoms with van der Waals surface area (Å²) < 4.78 is 0. The number of thiocarbonyl (C=S) groups is 1. The molecule has 0 bridgehead atoms. The molecule has 0 saturated heterocycles. The third-order valence-electron chi connectivity index (χ3n) is 3.02. The number of hydrogen-bond acceptors (Lipinski definition) is 2. The number of nitrogens with one attached hydrogen (secondary N) is 2. The van der Waals surface area contributed by atoms with Crippen molar-refractivity contribution in [3.63, 3.8) is 0 Å². The van der Waals surface area contributed by atoms with E-state index in [9.17, 15) is 0 Å². The molecule has 1 atom stereocenters. The van der Waals surface area contributed by atoms with Gasteiger partial charge in [-0.1, -0.05) is 30.3 Å². The van der Waals surface area contributed by atoms with Crippen LogP contribution in [-0.2, 0) is 6.42 Å². The van der Waals surface area contributed by atoms with Gasteiger partial charge < -0.3 is 10.6 Å². The van der Waals surface area contributed by atoms with Gasteiger partial charge in [-0.2, -0.15) is 0 Å². The Balaban J connectivity index is 1.74. The van der Waals surface area contributed by atoms with E-state index in [0.29, 0.717) is 11.2 Å². The average Bonchev–Trinajstić information content (AvgIpc) is 2.47. The topological polar surface area (TPSA) is 37.0 Å². The molecule has 0 aliphatic rings. The summed E-state index contributed by atoms with van der Waals surface area (Å²) in [7, 11) is 0. The maximum atomic E-state index is 5.30. The van der Waals surface area contributed by atoms with E-state index in [0.717, 1.165) is 18.5 Å². The minimum absolute atomic E-state index is 0.331. The Hall–Kier alpha value is -1.94. The molecule has 2 rings (SSSR count). The maximum Gasteiger partial charge on any atom is 0.170 e. The van der Waals surface area contributed by atoms with Gasteiger partial charge in [-0.3, -0.25) is 4.98 Å². The van der Waals surface area contributed by atoms with Crippen molar-refractivity contribution in [2.45, 2.75) is 25.8 Å². The Morgan fingerprint density at radius 2 is 1.85 bits per heavy atom. The van der Waals surface area contributed by atoms with Crippen molar-refractivity contribution in [1.82, 2.24) is 10.3 Å². The van der Waals surface area contributed by atoms with Gasteiger partial charge in [-0.05, 0) is 49.7 Å². The van der Waals surface area contributed by atoms with Crippen LogP contribution in [-0.4, -0.2) is 16.1 Å². The van der Waals surface area contributed by atoms with Crippen LogP contribution < -0.4 is 10.6 Å². The zero-order chi connectivity index (χ0) is 14.2. The van der Waals surface area contributed by atoms with Gasteiger partial charge in [-0.15, -0.1) is 0 Å². The molecule has 0 aliphatic heterocycles. The van der Waals surface area contributed by atoms with Crippen LogP contribution in [0.5, 0.6) is 0 Å². The van der Waals surface area contributed by atoms with Crippen LogP contribution in [0.3, 0.4) is 0 Å². The van der Waals surface area contributed by atoms with Crippen LogP contribution in [0.25, 0.3) is 0 Å². The molecule has 0 fully saturated rings. The number of benzene rings is 1. The van der Waals surface area contributed by atoms with Crippen LogP contribution in [0.4, 0.5) is 5.69 Å². The number of aryl methyl sites for hydroxylation is 1. The van der Waals surface area contributed by atoms with Crippen molar-refractivity contribution in [1.29, 1.82) is 0 Å². The summed E-state index contributed by atoms with van der Waals surface area (Å²) in [5, 5.41) is 7.10. The minimum Gasteiger partial charge on any atom is -0.360 e. The number of pyridine rings is 1. The lowest BCUT2D eigenvalue weighted by molar-refractivity contribution is 0.609. The van der Waals surface area contributed by atoms with Crippen molar-refractivity contribution in [3.05, 3.63) is 60.4 Å². The van der Waals surface area contributed by atoms with Gasteiger partial charge in [0.05, 0.1) is 0 Å². The predicted molar refractivity (Wildman–Crippen MR) is 87.8 cm³/mol. The third kappa shape index (κ3) is 4.97. The predicted octanol–water partition coefficient (Wildman–Crippen LogP) is 3.39. The van der Waals surface area contributed by atoms with Gasteiger partial charge in [0.2, 0.25) is 0 Å². The highest BCUT2D eigenvalue weighted by Crippen LogP contribution is 2.06. The fraction of sp³-hybridized carbons (Fsp3) is 0.250. The summed E-state index contributed by atoms with van der Waals surface area (Å²) in [6.45, 7) is 2.14. The van der Waals surface area contributed by atoms with E-state index in [1.54, 1.807) is 12.4 Å². The summed E-state index contributed by atoms with van der Waals surface area (Å²) in [4.78, 5) is 3.97. The first-order chi connectivity index (χ1) is 9.74. The Morgan fingerprint density at radius 3 is 2.55 bits per heavy atom. The molecule has 104 valence electrons.